The summed E-state index contributed by atoms with van der Waals surface area (Å²) in [6, 6.07) is 3.94. The molecule has 0 bridgehead atoms. The van der Waals surface area contributed by atoms with Crippen LogP contribution in [0.15, 0.2) is 24.5 Å². The van der Waals surface area contributed by atoms with E-state index in [9.17, 15) is 4.79 Å². The maximum atomic E-state index is 11.5. The Morgan fingerprint density at radius 3 is 2.75 bits per heavy atom. The van der Waals surface area contributed by atoms with Crippen molar-refractivity contribution in [2.45, 2.75) is 32.9 Å². The summed E-state index contributed by atoms with van der Waals surface area (Å²) >= 11 is 5.23. The zero-order chi connectivity index (χ0) is 17.6. The van der Waals surface area contributed by atoms with Crippen LogP contribution in [0.5, 0.6) is 0 Å². The van der Waals surface area contributed by atoms with E-state index in [-0.39, 0.29) is 0 Å². The molecule has 4 N–H and O–H groups in total. The third-order valence-electron chi connectivity index (χ3n) is 3.07. The van der Waals surface area contributed by atoms with Gasteiger partial charge in [0.15, 0.2) is 5.11 Å². The lowest BCUT2D eigenvalue weighted by atomic mass is 10.2. The Kier molecular flexibility index (Phi) is 5.97. The molecule has 2 heterocycles. The van der Waals surface area contributed by atoms with Crippen LogP contribution in [0.2, 0.25) is 0 Å². The van der Waals surface area contributed by atoms with Crippen LogP contribution >= 0.6 is 12.2 Å². The van der Waals surface area contributed by atoms with Gasteiger partial charge in [-0.15, -0.1) is 0 Å². The monoisotopic (exact) mass is 349 g/mol. The minimum absolute atomic E-state index is 0.425. The lowest BCUT2D eigenvalue weighted by Gasteiger charge is -2.19. The van der Waals surface area contributed by atoms with Crippen molar-refractivity contribution >= 4 is 34.5 Å². The van der Waals surface area contributed by atoms with E-state index in [0.717, 1.165) is 16.6 Å². The highest BCUT2D eigenvalue weighted by Gasteiger charge is 2.15. The number of aromatic amines is 1. The zero-order valence-corrected chi connectivity index (χ0v) is 14.9. The number of hydrogen-bond acceptors (Lipinski definition) is 4. The highest BCUT2D eigenvalue weighted by atomic mass is 32.1. The smallest absolute Gasteiger partial charge is 0.407 e. The number of thiocarbonyl (C=S) groups is 1. The third kappa shape index (κ3) is 5.69. The number of aromatic nitrogens is 2. The quantitative estimate of drug-likeness (QED) is 0.488. The third-order valence-corrected chi connectivity index (χ3v) is 3.36. The number of fused-ring (bicyclic) bond motifs is 1. The molecular weight excluding hydrogens is 326 g/mol. The van der Waals surface area contributed by atoms with Gasteiger partial charge in [0.2, 0.25) is 0 Å². The number of rotatable bonds is 5. The van der Waals surface area contributed by atoms with Crippen molar-refractivity contribution in [3.05, 3.63) is 30.1 Å². The van der Waals surface area contributed by atoms with Crippen molar-refractivity contribution in [3.63, 3.8) is 0 Å². The van der Waals surface area contributed by atoms with Crippen molar-refractivity contribution < 1.29 is 9.53 Å². The van der Waals surface area contributed by atoms with Crippen LogP contribution in [0.4, 0.5) is 4.79 Å². The molecule has 1 amide bonds. The largest absolute Gasteiger partial charge is 0.444 e. The van der Waals surface area contributed by atoms with Gasteiger partial charge in [0, 0.05) is 37.4 Å². The van der Waals surface area contributed by atoms with Gasteiger partial charge in [-0.1, -0.05) is 0 Å². The van der Waals surface area contributed by atoms with Gasteiger partial charge in [-0.05, 0) is 50.7 Å². The van der Waals surface area contributed by atoms with E-state index in [1.165, 1.54) is 0 Å². The van der Waals surface area contributed by atoms with Gasteiger partial charge >= 0.3 is 6.09 Å². The van der Waals surface area contributed by atoms with E-state index in [0.29, 0.717) is 24.7 Å². The van der Waals surface area contributed by atoms with Crippen LogP contribution < -0.4 is 16.0 Å². The van der Waals surface area contributed by atoms with Crippen LogP contribution in [-0.4, -0.2) is 39.9 Å². The topological polar surface area (TPSA) is 91.1 Å². The van der Waals surface area contributed by atoms with E-state index in [4.69, 9.17) is 17.0 Å². The van der Waals surface area contributed by atoms with E-state index in [1.807, 2.05) is 39.1 Å². The summed E-state index contributed by atoms with van der Waals surface area (Å²) in [5.41, 5.74) is 1.47. The lowest BCUT2D eigenvalue weighted by Crippen LogP contribution is -2.41. The second-order valence-electron chi connectivity index (χ2n) is 6.25. The van der Waals surface area contributed by atoms with Crippen LogP contribution in [0, 0.1) is 0 Å². The zero-order valence-electron chi connectivity index (χ0n) is 14.1. The van der Waals surface area contributed by atoms with Gasteiger partial charge in [0.1, 0.15) is 11.2 Å². The Hall–Kier alpha value is -2.35. The van der Waals surface area contributed by atoms with Gasteiger partial charge in [-0.25, -0.2) is 9.78 Å². The summed E-state index contributed by atoms with van der Waals surface area (Å²) in [6.45, 7) is 7.01. The lowest BCUT2D eigenvalue weighted by molar-refractivity contribution is 0.0529. The fourth-order valence-corrected chi connectivity index (χ4v) is 2.24. The summed E-state index contributed by atoms with van der Waals surface area (Å²) in [5, 5.41) is 10.4. The van der Waals surface area contributed by atoms with Crippen LogP contribution in [0.3, 0.4) is 0 Å². The first-order valence-electron chi connectivity index (χ1n) is 7.75. The van der Waals surface area contributed by atoms with Crippen molar-refractivity contribution in [1.29, 1.82) is 0 Å². The van der Waals surface area contributed by atoms with Gasteiger partial charge in [-0.3, -0.25) is 0 Å². The number of alkyl carbamates (subject to hydrolysis) is 1. The first-order valence-corrected chi connectivity index (χ1v) is 8.15. The standard InChI is InChI=1S/C16H23N5O2S/c1-16(2,3)23-15(22)20-9-8-19-14(24)21-10-11-4-6-17-13-12(11)5-7-18-13/h4-7H,8-10H2,1-3H3,(H,17,18)(H,20,22)(H2,19,21,24). The molecule has 0 saturated heterocycles. The molecule has 0 aliphatic carbocycles. The number of nitrogens with zero attached hydrogens (tertiary/aromatic N) is 1. The molecular formula is C16H23N5O2S. The molecule has 0 radical (unpaired) electrons. The van der Waals surface area contributed by atoms with Crippen molar-refractivity contribution in [2.24, 2.45) is 0 Å². The molecule has 0 atom stereocenters. The molecule has 8 heteroatoms. The Morgan fingerprint density at radius 2 is 2.00 bits per heavy atom. The molecule has 0 aliphatic rings. The number of H-pyrrole nitrogens is 1. The molecule has 0 aromatic carbocycles. The number of amides is 1. The SMILES string of the molecule is CC(C)(C)OC(=O)NCCNC(=S)NCc1ccnc2[nH]ccc12. The van der Waals surface area contributed by atoms with Gasteiger partial charge in [-0.2, -0.15) is 0 Å². The molecule has 2 aromatic heterocycles. The van der Waals surface area contributed by atoms with Gasteiger partial charge < -0.3 is 25.7 Å². The molecule has 2 aromatic rings. The molecule has 0 saturated carbocycles. The Balaban J connectivity index is 1.67. The summed E-state index contributed by atoms with van der Waals surface area (Å²) in [4.78, 5) is 18.8. The van der Waals surface area contributed by atoms with E-state index in [1.54, 1.807) is 6.20 Å². The minimum atomic E-state index is -0.498. The predicted octanol–water partition coefficient (Wildman–Crippen LogP) is 2.05. The van der Waals surface area contributed by atoms with Crippen LogP contribution in [0.1, 0.15) is 26.3 Å². The van der Waals surface area contributed by atoms with Crippen molar-refractivity contribution in [3.8, 4) is 0 Å². The highest BCUT2D eigenvalue weighted by molar-refractivity contribution is 7.80. The number of pyridine rings is 1. The number of hydrogen-bond donors (Lipinski definition) is 4. The molecule has 24 heavy (non-hydrogen) atoms. The molecule has 0 unspecified atom stereocenters. The first-order chi connectivity index (χ1) is 11.3. The summed E-state index contributed by atoms with van der Waals surface area (Å²) in [7, 11) is 0. The second-order valence-corrected chi connectivity index (χ2v) is 6.66. The fraction of sp³-hybridized carbons (Fsp3) is 0.438. The van der Waals surface area contributed by atoms with Crippen molar-refractivity contribution in [1.82, 2.24) is 25.9 Å². The number of carbonyl (C=O) groups excluding carboxylic acids is 1. The summed E-state index contributed by atoms with van der Waals surface area (Å²) in [5.74, 6) is 0. The molecule has 7 nitrogen and oxygen atoms in total. The average molecular weight is 349 g/mol. The predicted molar refractivity (Wildman–Crippen MR) is 97.8 cm³/mol. The normalized spacial score (nSPS) is 11.1. The molecule has 2 rings (SSSR count). The molecule has 130 valence electrons. The van der Waals surface area contributed by atoms with Crippen molar-refractivity contribution in [2.75, 3.05) is 13.1 Å². The van der Waals surface area contributed by atoms with Gasteiger partial charge in [0.05, 0.1) is 0 Å². The first kappa shape index (κ1) is 18.0. The highest BCUT2D eigenvalue weighted by Crippen LogP contribution is 2.14. The maximum absolute atomic E-state index is 11.5. The number of nitrogens with one attached hydrogen (secondary N) is 4. The molecule has 0 spiro atoms. The summed E-state index contributed by atoms with van der Waals surface area (Å²) < 4.78 is 5.15. The molecule has 0 fully saturated rings. The maximum Gasteiger partial charge on any atom is 0.407 e. The number of ether oxygens (including phenoxy) is 1. The van der Waals surface area contributed by atoms with E-state index < -0.39 is 11.7 Å². The summed E-state index contributed by atoms with van der Waals surface area (Å²) in [6.07, 6.45) is 3.19. The average Bonchev–Trinajstić information content (AvgIpc) is 2.96. The number of carbonyl (C=O) groups is 1. The second kappa shape index (κ2) is 7.96. The Bertz CT molecular complexity index is 708. The Labute approximate surface area is 146 Å². The molecule has 0 aliphatic heterocycles. The fourth-order valence-electron chi connectivity index (χ4n) is 2.07. The minimum Gasteiger partial charge on any atom is -0.444 e. The van der Waals surface area contributed by atoms with E-state index >= 15 is 0 Å². The van der Waals surface area contributed by atoms with Gasteiger partial charge in [0.25, 0.3) is 0 Å². The van der Waals surface area contributed by atoms with Crippen LogP contribution in [0.25, 0.3) is 11.0 Å². The van der Waals surface area contributed by atoms with E-state index in [2.05, 4.69) is 25.9 Å². The Morgan fingerprint density at radius 1 is 1.25 bits per heavy atom. The van der Waals surface area contributed by atoms with Crippen LogP contribution in [-0.2, 0) is 11.3 Å².